The molecule has 0 spiro atoms. The third kappa shape index (κ3) is 5.13. The summed E-state index contributed by atoms with van der Waals surface area (Å²) >= 11 is 0. The first kappa shape index (κ1) is 13.9. The van der Waals surface area contributed by atoms with E-state index in [0.29, 0.717) is 0 Å². The van der Waals surface area contributed by atoms with Crippen molar-refractivity contribution in [2.45, 2.75) is 32.8 Å². The fourth-order valence-electron chi connectivity index (χ4n) is 1.53. The van der Waals surface area contributed by atoms with Gasteiger partial charge in [0.1, 0.15) is 5.82 Å². The van der Waals surface area contributed by atoms with Crippen molar-refractivity contribution in [2.75, 3.05) is 13.1 Å². The van der Waals surface area contributed by atoms with E-state index in [2.05, 4.69) is 5.32 Å². The van der Waals surface area contributed by atoms with Crippen LogP contribution in [0.4, 0.5) is 8.78 Å². The van der Waals surface area contributed by atoms with Crippen LogP contribution in [0.3, 0.4) is 0 Å². The van der Waals surface area contributed by atoms with Crippen LogP contribution in [0, 0.1) is 11.6 Å². The van der Waals surface area contributed by atoms with Crippen LogP contribution in [0.5, 0.6) is 5.75 Å². The van der Waals surface area contributed by atoms with Crippen LogP contribution in [0.25, 0.3) is 0 Å². The van der Waals surface area contributed by atoms with E-state index in [1.165, 1.54) is 0 Å². The van der Waals surface area contributed by atoms with E-state index < -0.39 is 11.6 Å². The van der Waals surface area contributed by atoms with Gasteiger partial charge in [0, 0.05) is 6.07 Å². The first-order chi connectivity index (χ1) is 8.13. The molecule has 0 bridgehead atoms. The molecular formula is C13H19F2NO. The summed E-state index contributed by atoms with van der Waals surface area (Å²) < 4.78 is 31.5. The second-order valence-corrected chi connectivity index (χ2v) is 4.00. The monoisotopic (exact) mass is 243 g/mol. The molecule has 96 valence electrons. The van der Waals surface area contributed by atoms with Crippen LogP contribution in [0.15, 0.2) is 18.2 Å². The Morgan fingerprint density at radius 2 is 2.12 bits per heavy atom. The molecule has 1 rings (SSSR count). The summed E-state index contributed by atoms with van der Waals surface area (Å²) in [6.45, 7) is 5.75. The zero-order chi connectivity index (χ0) is 12.7. The van der Waals surface area contributed by atoms with Crippen LogP contribution < -0.4 is 10.1 Å². The Balaban J connectivity index is 2.39. The summed E-state index contributed by atoms with van der Waals surface area (Å²) in [6.07, 6.45) is 1.64. The van der Waals surface area contributed by atoms with Gasteiger partial charge >= 0.3 is 0 Å². The zero-order valence-electron chi connectivity index (χ0n) is 10.3. The van der Waals surface area contributed by atoms with Gasteiger partial charge in [0.15, 0.2) is 11.6 Å². The number of nitrogens with one attached hydrogen (secondary N) is 1. The molecule has 1 aromatic rings. The molecule has 0 radical (unpaired) electrons. The molecule has 0 heterocycles. The molecule has 0 amide bonds. The molecule has 0 fully saturated rings. The Bertz CT molecular complexity index is 344. The molecule has 0 aromatic heterocycles. The minimum absolute atomic E-state index is 0.0130. The summed E-state index contributed by atoms with van der Waals surface area (Å²) in [5.41, 5.74) is 0. The number of rotatable bonds is 7. The summed E-state index contributed by atoms with van der Waals surface area (Å²) in [7, 11) is 0. The first-order valence-electron chi connectivity index (χ1n) is 5.96. The minimum Gasteiger partial charge on any atom is -0.488 e. The van der Waals surface area contributed by atoms with E-state index in [9.17, 15) is 8.78 Å². The summed E-state index contributed by atoms with van der Waals surface area (Å²) in [4.78, 5) is 0. The highest BCUT2D eigenvalue weighted by Crippen LogP contribution is 2.20. The molecule has 2 nitrogen and oxygen atoms in total. The van der Waals surface area contributed by atoms with Crippen LogP contribution in [0.2, 0.25) is 0 Å². The molecule has 17 heavy (non-hydrogen) atoms. The highest BCUT2D eigenvalue weighted by atomic mass is 19.1. The van der Waals surface area contributed by atoms with Crippen molar-refractivity contribution in [3.05, 3.63) is 29.8 Å². The van der Waals surface area contributed by atoms with E-state index in [0.717, 1.165) is 44.1 Å². The van der Waals surface area contributed by atoms with Crippen molar-refractivity contribution in [3.63, 3.8) is 0 Å². The topological polar surface area (TPSA) is 21.3 Å². The largest absolute Gasteiger partial charge is 0.488 e. The molecular weight excluding hydrogens is 224 g/mol. The Morgan fingerprint density at radius 3 is 2.82 bits per heavy atom. The van der Waals surface area contributed by atoms with Crippen LogP contribution >= 0.6 is 0 Å². The van der Waals surface area contributed by atoms with Gasteiger partial charge in [-0.15, -0.1) is 0 Å². The highest BCUT2D eigenvalue weighted by molar-refractivity contribution is 5.25. The lowest BCUT2D eigenvalue weighted by Gasteiger charge is -2.15. The fraction of sp³-hybridized carbons (Fsp3) is 0.538. The van der Waals surface area contributed by atoms with Gasteiger partial charge in [0.25, 0.3) is 0 Å². The van der Waals surface area contributed by atoms with Crippen LogP contribution in [-0.2, 0) is 0 Å². The lowest BCUT2D eigenvalue weighted by molar-refractivity contribution is 0.198. The number of ether oxygens (including phenoxy) is 1. The fourth-order valence-corrected chi connectivity index (χ4v) is 1.53. The average Bonchev–Trinajstić information content (AvgIpc) is 2.29. The average molecular weight is 243 g/mol. The number of benzene rings is 1. The molecule has 1 unspecified atom stereocenters. The third-order valence-corrected chi connectivity index (χ3v) is 2.44. The number of hydrogen-bond acceptors (Lipinski definition) is 2. The lowest BCUT2D eigenvalue weighted by Crippen LogP contribution is -2.18. The van der Waals surface area contributed by atoms with Gasteiger partial charge < -0.3 is 10.1 Å². The predicted molar refractivity (Wildman–Crippen MR) is 64.2 cm³/mol. The van der Waals surface area contributed by atoms with E-state index in [-0.39, 0.29) is 11.9 Å². The molecule has 0 aliphatic heterocycles. The maximum atomic E-state index is 13.3. The number of hydrogen-bond donors (Lipinski definition) is 1. The molecule has 0 saturated carbocycles. The van der Waals surface area contributed by atoms with Gasteiger partial charge in [-0.2, -0.15) is 0 Å². The van der Waals surface area contributed by atoms with Gasteiger partial charge in [0.2, 0.25) is 0 Å². The van der Waals surface area contributed by atoms with Crippen LogP contribution in [0.1, 0.15) is 26.7 Å². The second-order valence-electron chi connectivity index (χ2n) is 4.00. The zero-order valence-corrected chi connectivity index (χ0v) is 10.3. The van der Waals surface area contributed by atoms with Crippen molar-refractivity contribution in [1.29, 1.82) is 0 Å². The number of halogens is 2. The van der Waals surface area contributed by atoms with Crippen molar-refractivity contribution >= 4 is 0 Å². The van der Waals surface area contributed by atoms with E-state index in [1.54, 1.807) is 0 Å². The molecule has 1 atom stereocenters. The summed E-state index contributed by atoms with van der Waals surface area (Å²) in [5.74, 6) is -1.02. The summed E-state index contributed by atoms with van der Waals surface area (Å²) in [5, 5.41) is 3.20. The maximum absolute atomic E-state index is 13.3. The molecule has 0 saturated heterocycles. The normalized spacial score (nSPS) is 12.5. The van der Waals surface area contributed by atoms with E-state index >= 15 is 0 Å². The SMILES string of the molecule is CCNCCCC(C)Oc1cc(F)ccc1F. The van der Waals surface area contributed by atoms with Gasteiger partial charge in [-0.25, -0.2) is 8.78 Å². The third-order valence-electron chi connectivity index (χ3n) is 2.44. The van der Waals surface area contributed by atoms with E-state index in [1.807, 2.05) is 13.8 Å². The van der Waals surface area contributed by atoms with Gasteiger partial charge in [0.05, 0.1) is 6.10 Å². The van der Waals surface area contributed by atoms with Gasteiger partial charge in [-0.1, -0.05) is 6.92 Å². The Labute approximate surface area is 101 Å². The first-order valence-corrected chi connectivity index (χ1v) is 5.96. The molecule has 0 aliphatic rings. The molecule has 1 aromatic carbocycles. The minimum atomic E-state index is -0.523. The lowest BCUT2D eigenvalue weighted by atomic mass is 10.2. The van der Waals surface area contributed by atoms with E-state index in [4.69, 9.17) is 4.74 Å². The molecule has 1 N–H and O–H groups in total. The predicted octanol–water partition coefficient (Wildman–Crippen LogP) is 3.12. The molecule has 4 heteroatoms. The Kier molecular flexibility index (Phi) is 5.91. The van der Waals surface area contributed by atoms with Crippen molar-refractivity contribution in [1.82, 2.24) is 5.32 Å². The Morgan fingerprint density at radius 1 is 1.35 bits per heavy atom. The van der Waals surface area contributed by atoms with Crippen molar-refractivity contribution in [2.24, 2.45) is 0 Å². The highest BCUT2D eigenvalue weighted by Gasteiger charge is 2.09. The summed E-state index contributed by atoms with van der Waals surface area (Å²) in [6, 6.07) is 3.24. The quantitative estimate of drug-likeness (QED) is 0.743. The Hall–Kier alpha value is -1.16. The van der Waals surface area contributed by atoms with Gasteiger partial charge in [-0.05, 0) is 45.0 Å². The second kappa shape index (κ2) is 7.22. The standard InChI is InChI=1S/C13H19F2NO/c1-3-16-8-4-5-10(2)17-13-9-11(14)6-7-12(13)15/h6-7,9-10,16H,3-5,8H2,1-2H3. The van der Waals surface area contributed by atoms with Crippen molar-refractivity contribution < 1.29 is 13.5 Å². The maximum Gasteiger partial charge on any atom is 0.165 e. The smallest absolute Gasteiger partial charge is 0.165 e. The van der Waals surface area contributed by atoms with Crippen molar-refractivity contribution in [3.8, 4) is 5.75 Å². The van der Waals surface area contributed by atoms with Gasteiger partial charge in [-0.3, -0.25) is 0 Å². The molecule has 0 aliphatic carbocycles. The van der Waals surface area contributed by atoms with Crippen LogP contribution in [-0.4, -0.2) is 19.2 Å².